The first-order valence-corrected chi connectivity index (χ1v) is 0.548. The van der Waals surface area contributed by atoms with Crippen LogP contribution >= 0.6 is 0 Å². The Balaban J connectivity index is 0. The van der Waals surface area contributed by atoms with Gasteiger partial charge in [-0.1, -0.05) is 0 Å². The van der Waals surface area contributed by atoms with E-state index in [1.807, 2.05) is 0 Å². The van der Waals surface area contributed by atoms with E-state index in [-0.39, 0.29) is 17.1 Å². The summed E-state index contributed by atoms with van der Waals surface area (Å²) in [5.41, 5.74) is 0. The van der Waals surface area contributed by atoms with E-state index in [9.17, 15) is 0 Å². The van der Waals surface area contributed by atoms with Crippen LogP contribution in [0.3, 0.4) is 0 Å². The fraction of sp³-hybridized carbons (Fsp3) is 0. The van der Waals surface area contributed by atoms with Crippen LogP contribution in [-0.2, 0) is 17.1 Å². The van der Waals surface area contributed by atoms with Gasteiger partial charge in [0.2, 0.25) is 0 Å². The van der Waals surface area contributed by atoms with Gasteiger partial charge < -0.3 is 15.3 Å². The normalized spacial score (nSPS) is 4.80. The Bertz CT molecular complexity index is 29.9. The van der Waals surface area contributed by atoms with E-state index in [2.05, 4.69) is 0 Å². The maximum absolute atomic E-state index is 8.25. The van der Waals surface area contributed by atoms with E-state index in [4.69, 9.17) is 15.3 Å². The molecule has 5 heavy (non-hydrogen) atoms. The van der Waals surface area contributed by atoms with Crippen molar-refractivity contribution in [1.82, 2.24) is 0 Å². The Morgan fingerprint density at radius 1 is 1.40 bits per heavy atom. The Hall–Kier alpha value is -0.281. The molecule has 0 aromatic heterocycles. The zero-order valence-corrected chi connectivity index (χ0v) is 2.92. The molecule has 0 amide bonds. The summed E-state index contributed by atoms with van der Waals surface area (Å²) in [6.07, 6.45) is 0. The molecule has 0 saturated carbocycles. The largest absolute Gasteiger partial charge is 1.00 e. The molecule has 0 radical (unpaired) electrons. The topological polar surface area (TPSA) is 66.2 Å². The molecule has 0 spiro atoms. The second kappa shape index (κ2) is 3.72. The molecule has 4 nitrogen and oxygen atoms in total. The smallest absolute Gasteiger partial charge is 0.356 e. The van der Waals surface area contributed by atoms with E-state index < -0.39 is 5.09 Å². The van der Waals surface area contributed by atoms with Crippen molar-refractivity contribution < 1.29 is 22.2 Å². The van der Waals surface area contributed by atoms with Crippen LogP contribution in [0.4, 0.5) is 0 Å². The maximum atomic E-state index is 8.25. The number of nitrogens with zero attached hydrogens (tertiary/aromatic N) is 1. The minimum atomic E-state index is -1.75. The van der Waals surface area contributed by atoms with Gasteiger partial charge in [0.15, 0.2) is 0 Å². The van der Waals surface area contributed by atoms with Gasteiger partial charge in [0, 0.05) is 0 Å². The second-order valence-electron chi connectivity index (χ2n) is 0.224. The summed E-state index contributed by atoms with van der Waals surface area (Å²) < 4.78 is 0. The van der Waals surface area contributed by atoms with E-state index in [1.54, 1.807) is 0 Å². The van der Waals surface area contributed by atoms with Gasteiger partial charge in [-0.05, 0) is 0 Å². The van der Waals surface area contributed by atoms with E-state index in [0.29, 0.717) is 0 Å². The van der Waals surface area contributed by atoms with Gasteiger partial charge in [0.05, 0.1) is 5.09 Å². The zero-order valence-electron chi connectivity index (χ0n) is 1.97. The third-order valence-corrected chi connectivity index (χ3v) is 0. The molecule has 5 heteroatoms. The summed E-state index contributed by atoms with van der Waals surface area (Å²) in [6, 6.07) is 0. The molecule has 0 aromatic carbocycles. The monoisotopic (exact) mass is 125 g/mol. The SMILES string of the molecule is O=[N+]([O-])[O-].[Cu+]. The van der Waals surface area contributed by atoms with Gasteiger partial charge in [-0.3, -0.25) is 0 Å². The standard InChI is InChI=1S/Cu.NO3/c;2-1(3)4/q+1;-1. The van der Waals surface area contributed by atoms with Crippen LogP contribution < -0.4 is 0 Å². The van der Waals surface area contributed by atoms with Gasteiger partial charge in [0.1, 0.15) is 0 Å². The van der Waals surface area contributed by atoms with Crippen LogP contribution in [0, 0.1) is 15.3 Å². The summed E-state index contributed by atoms with van der Waals surface area (Å²) in [5, 5.41) is 14.8. The minimum absolute atomic E-state index is 0. The summed E-state index contributed by atoms with van der Waals surface area (Å²) in [6.45, 7) is 0. The predicted octanol–water partition coefficient (Wildman–Crippen LogP) is -0.242. The molecule has 0 fully saturated rings. The summed E-state index contributed by atoms with van der Waals surface area (Å²) in [4.78, 5) is 8.25. The zero-order chi connectivity index (χ0) is 3.58. The van der Waals surface area contributed by atoms with Crippen LogP contribution in [0.5, 0.6) is 0 Å². The maximum Gasteiger partial charge on any atom is 1.00 e. The summed E-state index contributed by atoms with van der Waals surface area (Å²) in [7, 11) is 0. The molecule has 0 heterocycles. The Kier molecular flexibility index (Phi) is 6.57. The van der Waals surface area contributed by atoms with Gasteiger partial charge in [-0.25, -0.2) is 0 Å². The van der Waals surface area contributed by atoms with E-state index >= 15 is 0 Å². The number of hydrogen-bond donors (Lipinski definition) is 0. The first kappa shape index (κ1) is 8.83. The van der Waals surface area contributed by atoms with E-state index in [0.717, 1.165) is 0 Å². The molecular formula is CuNO3. The number of rotatable bonds is 0. The molecule has 0 N–H and O–H groups in total. The van der Waals surface area contributed by atoms with Crippen molar-refractivity contribution in [2.45, 2.75) is 0 Å². The van der Waals surface area contributed by atoms with Crippen molar-refractivity contribution in [2.75, 3.05) is 0 Å². The molecule has 0 aliphatic heterocycles. The fourth-order valence-electron chi connectivity index (χ4n) is 0. The van der Waals surface area contributed by atoms with Crippen LogP contribution in [-0.4, -0.2) is 5.09 Å². The Morgan fingerprint density at radius 3 is 1.40 bits per heavy atom. The van der Waals surface area contributed by atoms with Crippen LogP contribution in [0.2, 0.25) is 0 Å². The van der Waals surface area contributed by atoms with Crippen molar-refractivity contribution in [3.8, 4) is 0 Å². The average Bonchev–Trinajstić information content (AvgIpc) is 0.811. The second-order valence-corrected chi connectivity index (χ2v) is 0.224. The molecule has 0 aliphatic carbocycles. The molecule has 0 aliphatic rings. The van der Waals surface area contributed by atoms with E-state index in [1.165, 1.54) is 0 Å². The van der Waals surface area contributed by atoms with Gasteiger partial charge >= 0.3 is 17.1 Å². The van der Waals surface area contributed by atoms with Gasteiger partial charge in [-0.2, -0.15) is 0 Å². The minimum Gasteiger partial charge on any atom is -0.356 e. The van der Waals surface area contributed by atoms with Gasteiger partial charge in [0.25, 0.3) is 0 Å². The molecular weight excluding hydrogens is 126 g/mol. The average molecular weight is 126 g/mol. The van der Waals surface area contributed by atoms with Crippen LogP contribution in [0.15, 0.2) is 0 Å². The number of hydrogen-bond acceptors (Lipinski definition) is 3. The van der Waals surface area contributed by atoms with Crippen molar-refractivity contribution in [1.29, 1.82) is 0 Å². The molecule has 34 valence electrons. The van der Waals surface area contributed by atoms with Crippen molar-refractivity contribution in [2.24, 2.45) is 0 Å². The van der Waals surface area contributed by atoms with Gasteiger partial charge in [-0.15, -0.1) is 0 Å². The Labute approximate surface area is 38.4 Å². The van der Waals surface area contributed by atoms with Crippen molar-refractivity contribution in [3.05, 3.63) is 15.3 Å². The molecule has 0 aromatic rings. The predicted molar refractivity (Wildman–Crippen MR) is 10.4 cm³/mol. The molecule has 0 saturated heterocycles. The molecule has 0 unspecified atom stereocenters. The fourth-order valence-corrected chi connectivity index (χ4v) is 0. The molecule has 0 rings (SSSR count). The third-order valence-electron chi connectivity index (χ3n) is 0. The van der Waals surface area contributed by atoms with Crippen LogP contribution in [0.1, 0.15) is 0 Å². The first-order valence-electron chi connectivity index (χ1n) is 0.548. The van der Waals surface area contributed by atoms with Crippen molar-refractivity contribution >= 4 is 0 Å². The summed E-state index contributed by atoms with van der Waals surface area (Å²) in [5.74, 6) is 0. The third kappa shape index (κ3) is 140. The van der Waals surface area contributed by atoms with Crippen molar-refractivity contribution in [3.63, 3.8) is 0 Å². The molecule has 0 bridgehead atoms. The molecule has 0 atom stereocenters. The summed E-state index contributed by atoms with van der Waals surface area (Å²) >= 11 is 0. The quantitative estimate of drug-likeness (QED) is 0.255. The van der Waals surface area contributed by atoms with Crippen LogP contribution in [0.25, 0.3) is 0 Å². The Morgan fingerprint density at radius 2 is 1.40 bits per heavy atom. The first-order chi connectivity index (χ1) is 1.73.